The molecular formula is C42H45N. The van der Waals surface area contributed by atoms with Crippen molar-refractivity contribution < 1.29 is 0 Å². The molecule has 1 heteroatoms. The van der Waals surface area contributed by atoms with Gasteiger partial charge < -0.3 is 4.90 Å². The highest BCUT2D eigenvalue weighted by molar-refractivity contribution is 5.92. The Bertz CT molecular complexity index is 1570. The maximum absolute atomic E-state index is 2.32. The average Bonchev–Trinajstić information content (AvgIpc) is 2.98. The SMILES string of the molecule is Cc1ccc(N(c2ccc(C)cc2)c2ccc(C=C(c3ccc(C(C)(C)C)cc3)c3ccc(C(C)(C)C)cc3)cc2)cc1. The number of benzene rings is 5. The van der Waals surface area contributed by atoms with Crippen molar-refractivity contribution in [1.82, 2.24) is 0 Å². The number of rotatable bonds is 6. The van der Waals surface area contributed by atoms with Crippen molar-refractivity contribution in [3.8, 4) is 0 Å². The molecule has 0 saturated heterocycles. The molecule has 0 radical (unpaired) electrons. The van der Waals surface area contributed by atoms with Gasteiger partial charge in [-0.25, -0.2) is 0 Å². The Balaban J connectivity index is 1.56. The van der Waals surface area contributed by atoms with Crippen LogP contribution in [0.3, 0.4) is 0 Å². The number of aryl methyl sites for hydroxylation is 2. The lowest BCUT2D eigenvalue weighted by Crippen LogP contribution is -2.11. The van der Waals surface area contributed by atoms with E-state index < -0.39 is 0 Å². The zero-order valence-electron chi connectivity index (χ0n) is 27.1. The van der Waals surface area contributed by atoms with Gasteiger partial charge in [0.25, 0.3) is 0 Å². The van der Waals surface area contributed by atoms with Gasteiger partial charge in [0.15, 0.2) is 0 Å². The van der Waals surface area contributed by atoms with E-state index in [9.17, 15) is 0 Å². The average molecular weight is 564 g/mol. The van der Waals surface area contributed by atoms with Gasteiger partial charge in [-0.2, -0.15) is 0 Å². The van der Waals surface area contributed by atoms with Crippen LogP contribution in [0.25, 0.3) is 11.6 Å². The molecule has 0 atom stereocenters. The highest BCUT2D eigenvalue weighted by Crippen LogP contribution is 2.36. The third kappa shape index (κ3) is 7.17. The Morgan fingerprint density at radius 2 is 0.767 bits per heavy atom. The van der Waals surface area contributed by atoms with Crippen molar-refractivity contribution in [2.75, 3.05) is 4.90 Å². The van der Waals surface area contributed by atoms with Gasteiger partial charge in [0.1, 0.15) is 0 Å². The maximum Gasteiger partial charge on any atom is 0.0462 e. The fourth-order valence-electron chi connectivity index (χ4n) is 5.35. The fraction of sp³-hybridized carbons (Fsp3) is 0.238. The summed E-state index contributed by atoms with van der Waals surface area (Å²) in [5.74, 6) is 0. The number of hydrogen-bond donors (Lipinski definition) is 0. The first-order chi connectivity index (χ1) is 20.4. The van der Waals surface area contributed by atoms with Crippen LogP contribution in [0.2, 0.25) is 0 Å². The van der Waals surface area contributed by atoms with E-state index in [0.717, 1.165) is 17.1 Å². The molecule has 0 fully saturated rings. The van der Waals surface area contributed by atoms with Gasteiger partial charge in [0, 0.05) is 17.1 Å². The topological polar surface area (TPSA) is 3.24 Å². The van der Waals surface area contributed by atoms with E-state index in [1.165, 1.54) is 44.5 Å². The van der Waals surface area contributed by atoms with Gasteiger partial charge in [-0.1, -0.05) is 138 Å². The van der Waals surface area contributed by atoms with E-state index in [4.69, 9.17) is 0 Å². The van der Waals surface area contributed by atoms with E-state index in [0.29, 0.717) is 0 Å². The van der Waals surface area contributed by atoms with Crippen LogP contribution in [-0.2, 0) is 10.8 Å². The first-order valence-corrected chi connectivity index (χ1v) is 15.4. The first-order valence-electron chi connectivity index (χ1n) is 15.4. The minimum absolute atomic E-state index is 0.118. The summed E-state index contributed by atoms with van der Waals surface area (Å²) < 4.78 is 0. The van der Waals surface area contributed by atoms with E-state index in [1.54, 1.807) is 0 Å². The molecule has 218 valence electrons. The lowest BCUT2D eigenvalue weighted by Gasteiger charge is -2.26. The molecule has 0 N–H and O–H groups in total. The van der Waals surface area contributed by atoms with Crippen LogP contribution in [0.4, 0.5) is 17.1 Å². The Hall–Kier alpha value is -4.36. The number of anilines is 3. The minimum Gasteiger partial charge on any atom is -0.311 e. The third-order valence-corrected chi connectivity index (χ3v) is 8.17. The van der Waals surface area contributed by atoms with Gasteiger partial charge >= 0.3 is 0 Å². The fourth-order valence-corrected chi connectivity index (χ4v) is 5.35. The quantitative estimate of drug-likeness (QED) is 0.186. The molecule has 0 unspecified atom stereocenters. The normalized spacial score (nSPS) is 11.7. The van der Waals surface area contributed by atoms with Gasteiger partial charge in [-0.15, -0.1) is 0 Å². The van der Waals surface area contributed by atoms with E-state index in [1.807, 2.05) is 0 Å². The molecule has 0 amide bonds. The summed E-state index contributed by atoms with van der Waals surface area (Å²) >= 11 is 0. The van der Waals surface area contributed by atoms with Crippen molar-refractivity contribution in [1.29, 1.82) is 0 Å². The van der Waals surface area contributed by atoms with Crippen molar-refractivity contribution in [3.63, 3.8) is 0 Å². The van der Waals surface area contributed by atoms with Gasteiger partial charge in [0.05, 0.1) is 0 Å². The Morgan fingerprint density at radius 1 is 0.442 bits per heavy atom. The molecular weight excluding hydrogens is 518 g/mol. The predicted octanol–water partition coefficient (Wildman–Crippen LogP) is 12.0. The Labute approximate surface area is 259 Å². The first kappa shape index (κ1) is 30.1. The van der Waals surface area contributed by atoms with Gasteiger partial charge in [0.2, 0.25) is 0 Å². The molecule has 0 heterocycles. The number of hydrogen-bond acceptors (Lipinski definition) is 1. The second kappa shape index (κ2) is 12.1. The molecule has 0 spiro atoms. The summed E-state index contributed by atoms with van der Waals surface area (Å²) in [4.78, 5) is 2.32. The molecule has 0 aliphatic rings. The molecule has 0 aliphatic carbocycles. The molecule has 5 aromatic carbocycles. The van der Waals surface area contributed by atoms with E-state index >= 15 is 0 Å². The zero-order valence-corrected chi connectivity index (χ0v) is 27.1. The second-order valence-corrected chi connectivity index (χ2v) is 13.8. The molecule has 0 aliphatic heterocycles. The highest BCUT2D eigenvalue weighted by atomic mass is 15.1. The maximum atomic E-state index is 2.32. The summed E-state index contributed by atoms with van der Waals surface area (Å²) in [6.07, 6.45) is 2.32. The third-order valence-electron chi connectivity index (χ3n) is 8.17. The van der Waals surface area contributed by atoms with Crippen molar-refractivity contribution in [2.24, 2.45) is 0 Å². The van der Waals surface area contributed by atoms with Crippen LogP contribution in [0.1, 0.15) is 80.5 Å². The molecule has 0 saturated carbocycles. The van der Waals surface area contributed by atoms with Crippen LogP contribution in [0, 0.1) is 13.8 Å². The van der Waals surface area contributed by atoms with Crippen LogP contribution in [-0.4, -0.2) is 0 Å². The zero-order chi connectivity index (χ0) is 30.8. The minimum atomic E-state index is 0.118. The molecule has 0 bridgehead atoms. The van der Waals surface area contributed by atoms with Crippen LogP contribution in [0.5, 0.6) is 0 Å². The highest BCUT2D eigenvalue weighted by Gasteiger charge is 2.17. The second-order valence-electron chi connectivity index (χ2n) is 13.8. The summed E-state index contributed by atoms with van der Waals surface area (Å²) in [7, 11) is 0. The standard InChI is InChI=1S/C42H45N/c1-30-9-23-37(24-10-30)43(38-25-11-31(2)12-26-38)39-27-13-32(14-28-39)29-40(33-15-19-35(20-16-33)41(3,4)5)34-17-21-36(22-18-34)42(6,7)8/h9-29H,1-8H3. The summed E-state index contributed by atoms with van der Waals surface area (Å²) in [5.41, 5.74) is 13.7. The summed E-state index contributed by atoms with van der Waals surface area (Å²) in [6.45, 7) is 17.9. The van der Waals surface area contributed by atoms with Crippen LogP contribution in [0.15, 0.2) is 121 Å². The van der Waals surface area contributed by atoms with E-state index in [2.05, 4.69) is 188 Å². The number of nitrogens with zero attached hydrogens (tertiary/aromatic N) is 1. The van der Waals surface area contributed by atoms with E-state index in [-0.39, 0.29) is 10.8 Å². The van der Waals surface area contributed by atoms with Crippen LogP contribution >= 0.6 is 0 Å². The molecule has 43 heavy (non-hydrogen) atoms. The van der Waals surface area contributed by atoms with Crippen molar-refractivity contribution in [3.05, 3.63) is 160 Å². The largest absolute Gasteiger partial charge is 0.311 e. The van der Waals surface area contributed by atoms with Crippen molar-refractivity contribution in [2.45, 2.75) is 66.2 Å². The van der Waals surface area contributed by atoms with Gasteiger partial charge in [-0.3, -0.25) is 0 Å². The lowest BCUT2D eigenvalue weighted by molar-refractivity contribution is 0.590. The Kier molecular flexibility index (Phi) is 8.47. The van der Waals surface area contributed by atoms with Gasteiger partial charge in [-0.05, 0) is 101 Å². The van der Waals surface area contributed by atoms with Crippen molar-refractivity contribution >= 4 is 28.7 Å². The Morgan fingerprint density at radius 3 is 1.09 bits per heavy atom. The smallest absolute Gasteiger partial charge is 0.0462 e. The summed E-state index contributed by atoms with van der Waals surface area (Å²) in [5, 5.41) is 0. The predicted molar refractivity (Wildman–Crippen MR) is 188 cm³/mol. The molecule has 1 nitrogen and oxygen atoms in total. The monoisotopic (exact) mass is 563 g/mol. The molecule has 0 aromatic heterocycles. The lowest BCUT2D eigenvalue weighted by atomic mass is 9.84. The summed E-state index contributed by atoms with van der Waals surface area (Å²) in [6, 6.07) is 44.6. The molecule has 5 aromatic rings. The van der Waals surface area contributed by atoms with Crippen LogP contribution < -0.4 is 4.90 Å². The molecule has 5 rings (SSSR count).